The number of alkyl halides is 2. The Hall–Kier alpha value is -1.53. The highest BCUT2D eigenvalue weighted by Crippen LogP contribution is 2.21. The number of nitrogens with zero attached hydrogens (tertiary/aromatic N) is 2. The fourth-order valence-electron chi connectivity index (χ4n) is 0.713. The topological polar surface area (TPSA) is 60.9 Å². The van der Waals surface area contributed by atoms with Crippen LogP contribution >= 0.6 is 0 Å². The first-order valence-electron chi connectivity index (χ1n) is 2.84. The van der Waals surface area contributed by atoms with Gasteiger partial charge in [-0.3, -0.25) is 4.79 Å². The third-order valence-electron chi connectivity index (χ3n) is 1.24. The van der Waals surface area contributed by atoms with Gasteiger partial charge >= 0.3 is 0 Å². The minimum Gasteiger partial charge on any atom is -0.320 e. The van der Waals surface area contributed by atoms with Crippen molar-refractivity contribution in [3.63, 3.8) is 0 Å². The normalized spacial score (nSPS) is 10.7. The molecule has 1 rings (SSSR count). The van der Waals surface area contributed by atoms with Gasteiger partial charge in [-0.05, 0) is 0 Å². The summed E-state index contributed by atoms with van der Waals surface area (Å²) in [5, 5.41) is 2.92. The third kappa shape index (κ3) is 1.13. The van der Waals surface area contributed by atoms with Crippen molar-refractivity contribution < 1.29 is 18.0 Å². The van der Waals surface area contributed by atoms with E-state index < -0.39 is 23.6 Å². The Morgan fingerprint density at radius 2 is 2.17 bits per heavy atom. The van der Waals surface area contributed by atoms with Crippen LogP contribution in [0.4, 0.5) is 13.2 Å². The Kier molecular flexibility index (Phi) is 2.03. The van der Waals surface area contributed by atoms with Crippen molar-refractivity contribution in [2.75, 3.05) is 5.84 Å². The molecule has 0 spiro atoms. The Morgan fingerprint density at radius 1 is 1.58 bits per heavy atom. The second-order valence-electron chi connectivity index (χ2n) is 1.95. The summed E-state index contributed by atoms with van der Waals surface area (Å²) in [6.07, 6.45) is -3.06. The number of aldehydes is 1. The zero-order valence-corrected chi connectivity index (χ0v) is 5.67. The Labute approximate surface area is 64.7 Å². The number of nitrogens with two attached hydrogens (primary N) is 1. The highest BCUT2D eigenvalue weighted by molar-refractivity contribution is 5.76. The summed E-state index contributed by atoms with van der Waals surface area (Å²) in [6, 6.07) is 0. The van der Waals surface area contributed by atoms with Gasteiger partial charge in [-0.2, -0.15) is 9.18 Å². The molecule has 2 N–H and O–H groups in total. The summed E-state index contributed by atoms with van der Waals surface area (Å²) in [5.41, 5.74) is -1.74. The van der Waals surface area contributed by atoms with Crippen molar-refractivity contribution in [2.24, 2.45) is 0 Å². The van der Waals surface area contributed by atoms with Gasteiger partial charge in [0.1, 0.15) is 11.3 Å². The predicted octanol–water partition coefficient (Wildman–Crippen LogP) is 0.486. The average Bonchev–Trinajstić information content (AvgIpc) is 2.29. The van der Waals surface area contributed by atoms with Crippen molar-refractivity contribution in [2.45, 2.75) is 6.43 Å². The maximum Gasteiger partial charge on any atom is 0.283 e. The molecule has 0 atom stereocenters. The van der Waals surface area contributed by atoms with E-state index in [1.165, 1.54) is 0 Å². The molecule has 0 aromatic carbocycles. The lowest BCUT2D eigenvalue weighted by atomic mass is 10.3. The second kappa shape index (κ2) is 2.84. The van der Waals surface area contributed by atoms with E-state index in [1.807, 2.05) is 0 Å². The molecule has 0 unspecified atom stereocenters. The van der Waals surface area contributed by atoms with Crippen LogP contribution in [0, 0.1) is 5.95 Å². The van der Waals surface area contributed by atoms with E-state index in [0.29, 0.717) is 0 Å². The van der Waals surface area contributed by atoms with Crippen LogP contribution < -0.4 is 5.84 Å². The number of halogens is 3. The van der Waals surface area contributed by atoms with Crippen molar-refractivity contribution in [3.05, 3.63) is 17.2 Å². The summed E-state index contributed by atoms with van der Waals surface area (Å²) < 4.78 is 36.5. The van der Waals surface area contributed by atoms with Gasteiger partial charge in [-0.25, -0.2) is 8.78 Å². The van der Waals surface area contributed by atoms with Crippen LogP contribution in [0.2, 0.25) is 0 Å². The molecule has 0 aliphatic carbocycles. The Bertz CT molecular complexity index is 309. The summed E-state index contributed by atoms with van der Waals surface area (Å²) in [4.78, 5) is 10.2. The van der Waals surface area contributed by atoms with Gasteiger partial charge in [0.15, 0.2) is 6.29 Å². The zero-order chi connectivity index (χ0) is 9.30. The van der Waals surface area contributed by atoms with Gasteiger partial charge in [0.25, 0.3) is 6.43 Å². The number of hydrogen-bond acceptors (Lipinski definition) is 3. The summed E-state index contributed by atoms with van der Waals surface area (Å²) >= 11 is 0. The number of carbonyl (C=O) groups is 1. The van der Waals surface area contributed by atoms with Gasteiger partial charge in [0, 0.05) is 0 Å². The van der Waals surface area contributed by atoms with Crippen LogP contribution in [0.5, 0.6) is 0 Å². The number of nitrogen functional groups attached to an aromatic ring is 1. The average molecular weight is 179 g/mol. The number of hydrogen-bond donors (Lipinski definition) is 1. The number of rotatable bonds is 2. The highest BCUT2D eigenvalue weighted by Gasteiger charge is 2.22. The first-order chi connectivity index (χ1) is 5.57. The summed E-state index contributed by atoms with van der Waals surface area (Å²) in [5.74, 6) is 3.53. The Morgan fingerprint density at radius 3 is 2.50 bits per heavy atom. The fourth-order valence-corrected chi connectivity index (χ4v) is 0.713. The molecule has 0 radical (unpaired) electrons. The molecule has 7 heteroatoms. The van der Waals surface area contributed by atoms with E-state index in [-0.39, 0.29) is 11.1 Å². The second-order valence-corrected chi connectivity index (χ2v) is 1.95. The maximum absolute atomic E-state index is 12.6. The molecule has 66 valence electrons. The molecule has 4 nitrogen and oxygen atoms in total. The summed E-state index contributed by atoms with van der Waals surface area (Å²) in [7, 11) is 0. The van der Waals surface area contributed by atoms with Crippen molar-refractivity contribution in [1.29, 1.82) is 0 Å². The van der Waals surface area contributed by atoms with Crippen LogP contribution in [-0.2, 0) is 0 Å². The first kappa shape index (κ1) is 8.57. The SMILES string of the molecule is Nn1nc(C(F)F)c(C=O)c1F. The maximum atomic E-state index is 12.6. The largest absolute Gasteiger partial charge is 0.320 e. The van der Waals surface area contributed by atoms with Crippen LogP contribution in [0.15, 0.2) is 0 Å². The van der Waals surface area contributed by atoms with E-state index in [4.69, 9.17) is 5.84 Å². The molecule has 0 saturated heterocycles. The monoisotopic (exact) mass is 179 g/mol. The van der Waals surface area contributed by atoms with Crippen LogP contribution in [0.3, 0.4) is 0 Å². The molecule has 1 heterocycles. The zero-order valence-electron chi connectivity index (χ0n) is 5.67. The predicted molar refractivity (Wildman–Crippen MR) is 32.7 cm³/mol. The molecule has 0 fully saturated rings. The van der Waals surface area contributed by atoms with Crippen LogP contribution in [0.1, 0.15) is 22.5 Å². The van der Waals surface area contributed by atoms with E-state index in [1.54, 1.807) is 0 Å². The van der Waals surface area contributed by atoms with Gasteiger partial charge in [0.05, 0.1) is 0 Å². The lowest BCUT2D eigenvalue weighted by Crippen LogP contribution is -2.13. The molecule has 1 aromatic rings. The van der Waals surface area contributed by atoms with Gasteiger partial charge in [-0.1, -0.05) is 0 Å². The van der Waals surface area contributed by atoms with E-state index in [2.05, 4.69) is 5.10 Å². The van der Waals surface area contributed by atoms with Gasteiger partial charge in [-0.15, -0.1) is 5.10 Å². The molecule has 0 saturated carbocycles. The molecule has 0 aliphatic heterocycles. The molecular weight excluding hydrogens is 175 g/mol. The lowest BCUT2D eigenvalue weighted by molar-refractivity contribution is 0.110. The van der Waals surface area contributed by atoms with Crippen molar-refractivity contribution in [1.82, 2.24) is 9.89 Å². The minimum atomic E-state index is -3.01. The van der Waals surface area contributed by atoms with Gasteiger partial charge < -0.3 is 5.84 Å². The van der Waals surface area contributed by atoms with Crippen LogP contribution in [-0.4, -0.2) is 16.2 Å². The van der Waals surface area contributed by atoms with E-state index in [9.17, 15) is 18.0 Å². The number of aromatic nitrogens is 2. The quantitative estimate of drug-likeness (QED) is 0.530. The first-order valence-corrected chi connectivity index (χ1v) is 2.84. The molecule has 12 heavy (non-hydrogen) atoms. The van der Waals surface area contributed by atoms with Gasteiger partial charge in [0.2, 0.25) is 5.95 Å². The Balaban J connectivity index is 3.29. The minimum absolute atomic E-state index is 0.0484. The molecular formula is C5H4F3N3O. The van der Waals surface area contributed by atoms with Crippen LogP contribution in [0.25, 0.3) is 0 Å². The van der Waals surface area contributed by atoms with E-state index >= 15 is 0 Å². The fraction of sp³-hybridized carbons (Fsp3) is 0.200. The molecule has 0 bridgehead atoms. The van der Waals surface area contributed by atoms with E-state index in [0.717, 1.165) is 0 Å². The molecule has 1 aromatic heterocycles. The smallest absolute Gasteiger partial charge is 0.283 e. The standard InChI is InChI=1S/C5H4F3N3O/c6-4(7)3-2(1-12)5(8)11(9)10-3/h1,4H,9H2. The molecule has 0 amide bonds. The van der Waals surface area contributed by atoms with Crippen molar-refractivity contribution >= 4 is 6.29 Å². The lowest BCUT2D eigenvalue weighted by Gasteiger charge is -1.90. The highest BCUT2D eigenvalue weighted by atomic mass is 19.3. The van der Waals surface area contributed by atoms with Crippen molar-refractivity contribution in [3.8, 4) is 0 Å². The third-order valence-corrected chi connectivity index (χ3v) is 1.24. The molecule has 0 aliphatic rings. The summed E-state index contributed by atoms with van der Waals surface area (Å²) in [6.45, 7) is 0. The number of carbonyl (C=O) groups excluding carboxylic acids is 1.